The van der Waals surface area contributed by atoms with E-state index in [-0.39, 0.29) is 26.1 Å². The maximum Gasteiger partial charge on any atom is 0.306 e. The van der Waals surface area contributed by atoms with Crippen molar-refractivity contribution in [3.63, 3.8) is 0 Å². The molecule has 0 aliphatic heterocycles. The summed E-state index contributed by atoms with van der Waals surface area (Å²) in [5.41, 5.74) is 0. The number of phosphoric acid groups is 1. The minimum Gasteiger partial charge on any atom is -0.756 e. The Morgan fingerprint density at radius 1 is 0.596 bits per heavy atom. The van der Waals surface area contributed by atoms with Crippen molar-refractivity contribution in [2.24, 2.45) is 0 Å². The zero-order valence-corrected chi connectivity index (χ0v) is 34.9. The van der Waals surface area contributed by atoms with E-state index in [0.717, 1.165) is 57.8 Å². The second-order valence-electron chi connectivity index (χ2n) is 15.0. The zero-order chi connectivity index (χ0) is 38.6. The van der Waals surface area contributed by atoms with Crippen molar-refractivity contribution in [2.45, 2.75) is 174 Å². The quantitative estimate of drug-likeness (QED) is 0.0203. The smallest absolute Gasteiger partial charge is 0.306 e. The Labute approximate surface area is 319 Å². The van der Waals surface area contributed by atoms with E-state index in [4.69, 9.17) is 18.5 Å². The van der Waals surface area contributed by atoms with Gasteiger partial charge in [0.15, 0.2) is 6.10 Å². The first-order chi connectivity index (χ1) is 25.0. The lowest BCUT2D eigenvalue weighted by atomic mass is 10.1. The summed E-state index contributed by atoms with van der Waals surface area (Å²) in [5, 5.41) is 0. The first-order valence-electron chi connectivity index (χ1n) is 20.7. The highest BCUT2D eigenvalue weighted by Gasteiger charge is 2.21. The van der Waals surface area contributed by atoms with Gasteiger partial charge in [-0.25, -0.2) is 0 Å². The number of hydrogen-bond acceptors (Lipinski definition) is 8. The second kappa shape index (κ2) is 35.0. The van der Waals surface area contributed by atoms with Crippen LogP contribution in [0.3, 0.4) is 0 Å². The zero-order valence-electron chi connectivity index (χ0n) is 34.0. The van der Waals surface area contributed by atoms with E-state index < -0.39 is 32.5 Å². The number of quaternary nitrogens is 1. The molecule has 0 aliphatic rings. The lowest BCUT2D eigenvalue weighted by Gasteiger charge is -2.28. The normalized spacial score (nSPS) is 14.0. The third-order valence-corrected chi connectivity index (χ3v) is 9.63. The van der Waals surface area contributed by atoms with Crippen molar-refractivity contribution in [3.8, 4) is 0 Å². The molecule has 0 fully saturated rings. The number of esters is 2. The summed E-state index contributed by atoms with van der Waals surface area (Å²) in [6, 6.07) is 0. The molecule has 0 saturated heterocycles. The van der Waals surface area contributed by atoms with Gasteiger partial charge in [0.25, 0.3) is 7.82 Å². The van der Waals surface area contributed by atoms with Crippen molar-refractivity contribution in [1.29, 1.82) is 0 Å². The Morgan fingerprint density at radius 3 is 1.58 bits per heavy atom. The fraction of sp³-hybridized carbons (Fsp3) is 0.810. The van der Waals surface area contributed by atoms with Crippen LogP contribution >= 0.6 is 7.82 Å². The van der Waals surface area contributed by atoms with Crippen LogP contribution in [0.25, 0.3) is 0 Å². The summed E-state index contributed by atoms with van der Waals surface area (Å²) in [6.45, 7) is 4.15. The maximum absolute atomic E-state index is 12.6. The van der Waals surface area contributed by atoms with Gasteiger partial charge in [-0.05, 0) is 51.4 Å². The molecule has 0 amide bonds. The highest BCUT2D eigenvalue weighted by Crippen LogP contribution is 2.38. The van der Waals surface area contributed by atoms with E-state index in [1.165, 1.54) is 77.0 Å². The van der Waals surface area contributed by atoms with Crippen LogP contribution in [0.2, 0.25) is 0 Å². The summed E-state index contributed by atoms with van der Waals surface area (Å²) >= 11 is 0. The van der Waals surface area contributed by atoms with Gasteiger partial charge in [0, 0.05) is 12.8 Å². The molecule has 0 aliphatic carbocycles. The van der Waals surface area contributed by atoms with Crippen molar-refractivity contribution < 1.29 is 42.1 Å². The van der Waals surface area contributed by atoms with Crippen molar-refractivity contribution in [3.05, 3.63) is 36.5 Å². The number of carbonyl (C=O) groups is 2. The van der Waals surface area contributed by atoms with E-state index in [1.54, 1.807) is 0 Å². The van der Waals surface area contributed by atoms with Crippen LogP contribution in [0.4, 0.5) is 0 Å². The Bertz CT molecular complexity index is 991. The first-order valence-corrected chi connectivity index (χ1v) is 22.2. The van der Waals surface area contributed by atoms with E-state index in [2.05, 4.69) is 50.3 Å². The second-order valence-corrected chi connectivity index (χ2v) is 16.4. The van der Waals surface area contributed by atoms with Crippen molar-refractivity contribution in [1.82, 2.24) is 0 Å². The topological polar surface area (TPSA) is 111 Å². The first kappa shape index (κ1) is 50.2. The Hall–Kier alpha value is -1.77. The average molecular weight is 756 g/mol. The molecular formula is C42H78NO8P. The Kier molecular flexibility index (Phi) is 33.8. The molecule has 52 heavy (non-hydrogen) atoms. The van der Waals surface area contributed by atoms with E-state index in [1.807, 2.05) is 21.1 Å². The molecule has 10 heteroatoms. The number of allylic oxidation sites excluding steroid dienone is 6. The van der Waals surface area contributed by atoms with Gasteiger partial charge < -0.3 is 27.9 Å². The fourth-order valence-corrected chi connectivity index (χ4v) is 6.09. The molecule has 0 aromatic rings. The lowest BCUT2D eigenvalue weighted by Crippen LogP contribution is -2.37. The standard InChI is InChI=1S/C42H78NO8P/c1-6-8-10-12-14-16-18-19-20-21-22-23-25-27-29-31-33-35-42(45)51-40(39-50-52(46,47)49-37-36-43(3,4)5)38-48-41(44)34-32-30-28-26-24-17-15-13-11-9-7-2/h14,16,19-20,22-23,40H,6-13,15,17-18,21,24-39H2,1-5H3/b16-14+,20-19+,23-22+/t40-/m1/s1. The molecule has 0 aromatic heterocycles. The minimum atomic E-state index is -4.62. The molecule has 0 spiro atoms. The molecule has 9 nitrogen and oxygen atoms in total. The molecule has 0 radical (unpaired) electrons. The summed E-state index contributed by atoms with van der Waals surface area (Å²) in [6.07, 6.45) is 37.4. The number of rotatable bonds is 37. The fourth-order valence-electron chi connectivity index (χ4n) is 5.37. The summed E-state index contributed by atoms with van der Waals surface area (Å²) < 4.78 is 33.8. The summed E-state index contributed by atoms with van der Waals surface area (Å²) in [4.78, 5) is 37.4. The van der Waals surface area contributed by atoms with Gasteiger partial charge in [-0.3, -0.25) is 14.2 Å². The largest absolute Gasteiger partial charge is 0.756 e. The molecule has 304 valence electrons. The van der Waals surface area contributed by atoms with E-state index in [0.29, 0.717) is 17.4 Å². The predicted octanol–water partition coefficient (Wildman–Crippen LogP) is 10.7. The van der Waals surface area contributed by atoms with Gasteiger partial charge in [0.1, 0.15) is 19.8 Å². The Balaban J connectivity index is 4.44. The average Bonchev–Trinajstić information content (AvgIpc) is 3.09. The summed E-state index contributed by atoms with van der Waals surface area (Å²) in [5.74, 6) is -0.860. The van der Waals surface area contributed by atoms with Crippen LogP contribution in [-0.2, 0) is 32.7 Å². The van der Waals surface area contributed by atoms with Gasteiger partial charge in [-0.2, -0.15) is 0 Å². The number of likely N-dealkylation sites (N-methyl/N-ethyl adjacent to an activating group) is 1. The molecule has 2 atom stereocenters. The number of phosphoric ester groups is 1. The number of carbonyl (C=O) groups excluding carboxylic acids is 2. The number of unbranched alkanes of at least 4 members (excludes halogenated alkanes) is 17. The van der Waals surface area contributed by atoms with Crippen LogP contribution < -0.4 is 4.89 Å². The number of nitrogens with zero attached hydrogens (tertiary/aromatic N) is 1. The van der Waals surface area contributed by atoms with Crippen LogP contribution in [0, 0.1) is 0 Å². The van der Waals surface area contributed by atoms with Gasteiger partial charge in [0.2, 0.25) is 0 Å². The third-order valence-electron chi connectivity index (χ3n) is 8.66. The molecule has 0 saturated carbocycles. The molecule has 0 aromatic carbocycles. The molecular weight excluding hydrogens is 677 g/mol. The summed E-state index contributed by atoms with van der Waals surface area (Å²) in [7, 11) is 1.15. The number of hydrogen-bond donors (Lipinski definition) is 0. The van der Waals surface area contributed by atoms with Crippen molar-refractivity contribution in [2.75, 3.05) is 47.5 Å². The van der Waals surface area contributed by atoms with Crippen LogP contribution in [-0.4, -0.2) is 70.0 Å². The Morgan fingerprint density at radius 2 is 1.04 bits per heavy atom. The van der Waals surface area contributed by atoms with Gasteiger partial charge >= 0.3 is 11.9 Å². The van der Waals surface area contributed by atoms with Gasteiger partial charge in [-0.1, -0.05) is 140 Å². The molecule has 0 heterocycles. The van der Waals surface area contributed by atoms with Crippen molar-refractivity contribution >= 4 is 19.8 Å². The molecule has 0 bridgehead atoms. The number of ether oxygens (including phenoxy) is 2. The SMILES string of the molecule is CCCCC/C=C/C/C=C/C/C=C/CCCCCCC(=O)O[C@H](COC(=O)CCCCCCCCCCCCC)COP(=O)([O-])OCC[N+](C)(C)C. The predicted molar refractivity (Wildman–Crippen MR) is 213 cm³/mol. The third kappa shape index (κ3) is 38.0. The minimum absolute atomic E-state index is 0.0351. The highest BCUT2D eigenvalue weighted by atomic mass is 31.2. The van der Waals surface area contributed by atoms with E-state index >= 15 is 0 Å². The van der Waals surface area contributed by atoms with Gasteiger partial charge in [-0.15, -0.1) is 0 Å². The van der Waals surface area contributed by atoms with Gasteiger partial charge in [0.05, 0.1) is 27.7 Å². The maximum atomic E-state index is 12.6. The van der Waals surface area contributed by atoms with Crippen LogP contribution in [0.5, 0.6) is 0 Å². The molecule has 1 unspecified atom stereocenters. The molecule has 0 rings (SSSR count). The van der Waals surface area contributed by atoms with Crippen LogP contribution in [0.1, 0.15) is 168 Å². The van der Waals surface area contributed by atoms with E-state index in [9.17, 15) is 19.0 Å². The molecule has 0 N–H and O–H groups in total. The highest BCUT2D eigenvalue weighted by molar-refractivity contribution is 7.45. The lowest BCUT2D eigenvalue weighted by molar-refractivity contribution is -0.870. The van der Waals surface area contributed by atoms with Crippen LogP contribution in [0.15, 0.2) is 36.5 Å². The monoisotopic (exact) mass is 756 g/mol.